The predicted octanol–water partition coefficient (Wildman–Crippen LogP) is 3.20. The monoisotopic (exact) mass is 483 g/mol. The second-order valence-corrected chi connectivity index (χ2v) is 8.67. The molecule has 0 radical (unpaired) electrons. The first kappa shape index (κ1) is 26.1. The van der Waals surface area contributed by atoms with Crippen molar-refractivity contribution in [2.24, 2.45) is 5.92 Å². The van der Waals surface area contributed by atoms with Gasteiger partial charge in [-0.15, -0.1) is 0 Å². The molecule has 9 heteroatoms. The number of halogens is 1. The molecule has 0 spiro atoms. The van der Waals surface area contributed by atoms with Gasteiger partial charge in [-0.1, -0.05) is 19.3 Å². The number of benzene rings is 1. The Bertz CT molecular complexity index is 1150. The first-order valence-corrected chi connectivity index (χ1v) is 11.8. The first-order valence-electron chi connectivity index (χ1n) is 11.8. The summed E-state index contributed by atoms with van der Waals surface area (Å²) >= 11 is 0. The number of methoxy groups -OCH3 is 1. The van der Waals surface area contributed by atoms with Gasteiger partial charge in [0.05, 0.1) is 5.56 Å². The molecular formula is C26H30FN3O5. The highest BCUT2D eigenvalue weighted by molar-refractivity contribution is 6.10. The number of amides is 1. The fourth-order valence-corrected chi connectivity index (χ4v) is 4.19. The maximum Gasteiger partial charge on any atom is 0.268 e. The summed E-state index contributed by atoms with van der Waals surface area (Å²) in [6.07, 6.45) is 7.61. The molecule has 1 heterocycles. The number of ketones is 1. The zero-order chi connectivity index (χ0) is 25.2. The van der Waals surface area contributed by atoms with Crippen molar-refractivity contribution in [1.82, 2.24) is 9.88 Å². The molecule has 1 aliphatic carbocycles. The Hall–Kier alpha value is -3.51. The summed E-state index contributed by atoms with van der Waals surface area (Å²) in [4.78, 5) is 38.0. The van der Waals surface area contributed by atoms with Crippen LogP contribution < -0.4 is 15.6 Å². The minimum absolute atomic E-state index is 0.0377. The molecule has 2 aromatic rings. The van der Waals surface area contributed by atoms with Crippen molar-refractivity contribution in [1.29, 1.82) is 5.26 Å². The van der Waals surface area contributed by atoms with Crippen molar-refractivity contribution in [3.8, 4) is 11.8 Å². The maximum absolute atomic E-state index is 14.0. The third kappa shape index (κ3) is 7.23. The van der Waals surface area contributed by atoms with Crippen LogP contribution in [-0.4, -0.2) is 43.1 Å². The van der Waals surface area contributed by atoms with E-state index in [9.17, 15) is 24.0 Å². The van der Waals surface area contributed by atoms with E-state index in [1.807, 2.05) is 0 Å². The van der Waals surface area contributed by atoms with Gasteiger partial charge in [0, 0.05) is 38.6 Å². The highest BCUT2D eigenvalue weighted by atomic mass is 19.1. The van der Waals surface area contributed by atoms with Gasteiger partial charge in [0.25, 0.3) is 11.5 Å². The van der Waals surface area contributed by atoms with Crippen molar-refractivity contribution < 1.29 is 23.5 Å². The van der Waals surface area contributed by atoms with E-state index in [0.717, 1.165) is 25.0 Å². The van der Waals surface area contributed by atoms with Gasteiger partial charge in [-0.25, -0.2) is 4.39 Å². The molecule has 1 saturated carbocycles. The number of nitrogens with one attached hydrogen (secondary N) is 1. The van der Waals surface area contributed by atoms with Crippen LogP contribution in [0.3, 0.4) is 0 Å². The van der Waals surface area contributed by atoms with Gasteiger partial charge in [-0.05, 0) is 49.4 Å². The average Bonchev–Trinajstić information content (AvgIpc) is 2.88. The molecule has 186 valence electrons. The van der Waals surface area contributed by atoms with Gasteiger partial charge in [-0.2, -0.15) is 5.26 Å². The lowest BCUT2D eigenvalue weighted by Gasteiger charge is -2.21. The lowest BCUT2D eigenvalue weighted by Crippen LogP contribution is -2.33. The van der Waals surface area contributed by atoms with Crippen LogP contribution in [0.2, 0.25) is 0 Å². The number of nitrogens with zero attached hydrogens (tertiary/aromatic N) is 2. The molecule has 0 aliphatic heterocycles. The zero-order valence-corrected chi connectivity index (χ0v) is 19.8. The number of pyridine rings is 1. The van der Waals surface area contributed by atoms with E-state index in [2.05, 4.69) is 5.32 Å². The van der Waals surface area contributed by atoms with Crippen LogP contribution in [0.1, 0.15) is 60.0 Å². The summed E-state index contributed by atoms with van der Waals surface area (Å²) in [5, 5.41) is 12.2. The molecule has 1 N–H and O–H groups in total. The first-order chi connectivity index (χ1) is 16.9. The summed E-state index contributed by atoms with van der Waals surface area (Å²) in [5.74, 6) is -1.10. The average molecular weight is 484 g/mol. The summed E-state index contributed by atoms with van der Waals surface area (Å²) < 4.78 is 25.9. The van der Waals surface area contributed by atoms with Crippen molar-refractivity contribution in [2.45, 2.75) is 45.1 Å². The Labute approximate surface area is 203 Å². The predicted molar refractivity (Wildman–Crippen MR) is 127 cm³/mol. The SMILES string of the molecule is COCCCn1cc(C(=O)c2cc(F)ccc2OCC(=O)NCC2CCCCC2)cc(C#N)c1=O. The molecule has 35 heavy (non-hydrogen) atoms. The molecule has 0 saturated heterocycles. The normalized spacial score (nSPS) is 13.7. The molecule has 1 fully saturated rings. The number of nitriles is 1. The standard InChI is InChI=1S/C26H30FN3O5/c1-34-11-5-10-30-16-20(12-19(14-28)26(30)33)25(32)22-13-21(27)8-9-23(22)35-17-24(31)29-15-18-6-3-2-4-7-18/h8-9,12-13,16,18H,2-7,10-11,15,17H2,1H3,(H,29,31). The van der Waals surface area contributed by atoms with E-state index < -0.39 is 17.2 Å². The van der Waals surface area contributed by atoms with Crippen LogP contribution >= 0.6 is 0 Å². The summed E-state index contributed by atoms with van der Waals surface area (Å²) in [6, 6.07) is 6.43. The Morgan fingerprint density at radius 1 is 1.23 bits per heavy atom. The van der Waals surface area contributed by atoms with E-state index in [-0.39, 0.29) is 41.5 Å². The van der Waals surface area contributed by atoms with E-state index in [0.29, 0.717) is 25.5 Å². The van der Waals surface area contributed by atoms with E-state index >= 15 is 0 Å². The van der Waals surface area contributed by atoms with Crippen LogP contribution in [-0.2, 0) is 16.1 Å². The molecule has 3 rings (SSSR count). The lowest BCUT2D eigenvalue weighted by molar-refractivity contribution is -0.123. The van der Waals surface area contributed by atoms with Crippen molar-refractivity contribution in [3.05, 3.63) is 63.3 Å². The Morgan fingerprint density at radius 2 is 2.00 bits per heavy atom. The summed E-state index contributed by atoms with van der Waals surface area (Å²) in [5.41, 5.74) is -0.786. The third-order valence-corrected chi connectivity index (χ3v) is 6.07. The molecule has 1 aromatic heterocycles. The van der Waals surface area contributed by atoms with Crippen molar-refractivity contribution in [2.75, 3.05) is 26.9 Å². The highest BCUT2D eigenvalue weighted by Gasteiger charge is 2.20. The Balaban J connectivity index is 1.75. The van der Waals surface area contributed by atoms with Crippen molar-refractivity contribution >= 4 is 11.7 Å². The fraction of sp³-hybridized carbons (Fsp3) is 0.462. The Kier molecular flexibility index (Phi) is 9.56. The second-order valence-electron chi connectivity index (χ2n) is 8.67. The number of carbonyl (C=O) groups is 2. The topological polar surface area (TPSA) is 110 Å². The number of rotatable bonds is 11. The number of hydrogen-bond acceptors (Lipinski definition) is 6. The molecule has 0 unspecified atom stereocenters. The highest BCUT2D eigenvalue weighted by Crippen LogP contribution is 2.24. The number of aryl methyl sites for hydroxylation is 1. The number of ether oxygens (including phenoxy) is 2. The number of aromatic nitrogens is 1. The van der Waals surface area contributed by atoms with Crippen LogP contribution in [0.25, 0.3) is 0 Å². The van der Waals surface area contributed by atoms with Crippen molar-refractivity contribution in [3.63, 3.8) is 0 Å². The molecule has 0 bridgehead atoms. The van der Waals surface area contributed by atoms with Gasteiger partial charge < -0.3 is 19.4 Å². The second kappa shape index (κ2) is 12.8. The van der Waals surface area contributed by atoms with Gasteiger partial charge in [0.15, 0.2) is 12.4 Å². The van der Waals surface area contributed by atoms with E-state index in [1.165, 1.54) is 49.3 Å². The van der Waals surface area contributed by atoms with Gasteiger partial charge >= 0.3 is 0 Å². The Morgan fingerprint density at radius 3 is 2.71 bits per heavy atom. The lowest BCUT2D eigenvalue weighted by atomic mass is 9.89. The van der Waals surface area contributed by atoms with Crippen LogP contribution in [0.5, 0.6) is 5.75 Å². The number of hydrogen-bond donors (Lipinski definition) is 1. The minimum Gasteiger partial charge on any atom is -0.483 e. The zero-order valence-electron chi connectivity index (χ0n) is 19.8. The van der Waals surface area contributed by atoms with E-state index in [4.69, 9.17) is 9.47 Å². The molecular weight excluding hydrogens is 453 g/mol. The summed E-state index contributed by atoms with van der Waals surface area (Å²) in [6.45, 7) is 0.908. The van der Waals surface area contributed by atoms with E-state index in [1.54, 1.807) is 6.07 Å². The largest absolute Gasteiger partial charge is 0.483 e. The molecule has 0 atom stereocenters. The van der Waals surface area contributed by atoms with Gasteiger partial charge in [0.2, 0.25) is 0 Å². The summed E-state index contributed by atoms with van der Waals surface area (Å²) in [7, 11) is 1.53. The maximum atomic E-state index is 14.0. The smallest absolute Gasteiger partial charge is 0.268 e. The van der Waals surface area contributed by atoms with Crippen LogP contribution in [0.15, 0.2) is 35.3 Å². The molecule has 1 aliphatic rings. The third-order valence-electron chi connectivity index (χ3n) is 6.07. The van der Waals surface area contributed by atoms with Crippen LogP contribution in [0, 0.1) is 23.1 Å². The molecule has 8 nitrogen and oxygen atoms in total. The minimum atomic E-state index is -0.656. The van der Waals surface area contributed by atoms with Crippen LogP contribution in [0.4, 0.5) is 4.39 Å². The number of carbonyl (C=O) groups excluding carboxylic acids is 2. The van der Waals surface area contributed by atoms with Gasteiger partial charge in [-0.3, -0.25) is 14.4 Å². The molecule has 1 amide bonds. The fourth-order valence-electron chi connectivity index (χ4n) is 4.19. The van der Waals surface area contributed by atoms with Gasteiger partial charge in [0.1, 0.15) is 23.2 Å². The molecule has 1 aromatic carbocycles. The quantitative estimate of drug-likeness (QED) is 0.388.